The van der Waals surface area contributed by atoms with Crippen molar-refractivity contribution in [3.63, 3.8) is 0 Å². The Balaban J connectivity index is 2.11. The van der Waals surface area contributed by atoms with Crippen LogP contribution in [-0.4, -0.2) is 42.2 Å². The number of aliphatic hydroxyl groups is 2. The molecule has 1 aliphatic rings. The van der Waals surface area contributed by atoms with Crippen LogP contribution in [-0.2, 0) is 6.54 Å². The minimum absolute atomic E-state index is 0.151. The molecule has 0 saturated heterocycles. The predicted molar refractivity (Wildman–Crippen MR) is 71.9 cm³/mol. The van der Waals surface area contributed by atoms with Crippen LogP contribution < -0.4 is 14.8 Å². The molecule has 1 aromatic rings. The monoisotopic (exact) mass is 287 g/mol. The number of rotatable bonds is 5. The third kappa shape index (κ3) is 3.30. The van der Waals surface area contributed by atoms with Crippen molar-refractivity contribution in [3.05, 3.63) is 22.7 Å². The summed E-state index contributed by atoms with van der Waals surface area (Å²) in [5, 5.41) is 22.0. The van der Waals surface area contributed by atoms with Crippen molar-refractivity contribution < 1.29 is 19.7 Å². The third-order valence-corrected chi connectivity index (χ3v) is 3.35. The first-order valence-corrected chi connectivity index (χ1v) is 6.50. The molecule has 5 nitrogen and oxygen atoms in total. The Morgan fingerprint density at radius 3 is 2.63 bits per heavy atom. The second-order valence-corrected chi connectivity index (χ2v) is 5.24. The number of halogens is 1. The van der Waals surface area contributed by atoms with Gasteiger partial charge in [0.05, 0.1) is 23.8 Å². The molecule has 2 rings (SSSR count). The molecule has 6 heteroatoms. The van der Waals surface area contributed by atoms with E-state index in [-0.39, 0.29) is 13.2 Å². The summed E-state index contributed by atoms with van der Waals surface area (Å²) in [5.41, 5.74) is 0.182. The normalized spacial score (nSPS) is 14.5. The van der Waals surface area contributed by atoms with Crippen LogP contribution in [0.1, 0.15) is 12.5 Å². The summed E-state index contributed by atoms with van der Waals surface area (Å²) in [5.74, 6) is 1.20. The van der Waals surface area contributed by atoms with Gasteiger partial charge in [-0.1, -0.05) is 11.6 Å². The lowest BCUT2D eigenvalue weighted by Crippen LogP contribution is -2.48. The highest BCUT2D eigenvalue weighted by Crippen LogP contribution is 2.38. The molecule has 1 aliphatic heterocycles. The van der Waals surface area contributed by atoms with Gasteiger partial charge in [-0.25, -0.2) is 0 Å². The van der Waals surface area contributed by atoms with E-state index in [2.05, 4.69) is 5.32 Å². The fourth-order valence-electron chi connectivity index (χ4n) is 1.74. The van der Waals surface area contributed by atoms with E-state index in [1.807, 2.05) is 6.07 Å². The zero-order valence-electron chi connectivity index (χ0n) is 10.8. The third-order valence-electron chi connectivity index (χ3n) is 3.07. The van der Waals surface area contributed by atoms with Crippen LogP contribution in [0.3, 0.4) is 0 Å². The van der Waals surface area contributed by atoms with Gasteiger partial charge in [-0.2, -0.15) is 0 Å². The smallest absolute Gasteiger partial charge is 0.179 e. The summed E-state index contributed by atoms with van der Waals surface area (Å²) in [4.78, 5) is 0. The molecule has 0 fully saturated rings. The summed E-state index contributed by atoms with van der Waals surface area (Å²) >= 11 is 6.13. The van der Waals surface area contributed by atoms with Gasteiger partial charge in [-0.3, -0.25) is 0 Å². The Kier molecular flexibility index (Phi) is 4.52. The van der Waals surface area contributed by atoms with E-state index < -0.39 is 5.54 Å². The predicted octanol–water partition coefficient (Wildman–Crippen LogP) is 0.944. The van der Waals surface area contributed by atoms with Crippen molar-refractivity contribution in [2.45, 2.75) is 19.0 Å². The molecule has 1 aromatic carbocycles. The van der Waals surface area contributed by atoms with Gasteiger partial charge in [-0.15, -0.1) is 0 Å². The molecule has 0 amide bonds. The van der Waals surface area contributed by atoms with Crippen molar-refractivity contribution >= 4 is 11.6 Å². The van der Waals surface area contributed by atoms with Crippen LogP contribution in [0.25, 0.3) is 0 Å². The first-order chi connectivity index (χ1) is 9.08. The molecule has 0 bridgehead atoms. The Hall–Kier alpha value is -1.01. The second kappa shape index (κ2) is 5.96. The van der Waals surface area contributed by atoms with Gasteiger partial charge in [0.2, 0.25) is 0 Å². The Morgan fingerprint density at radius 2 is 1.95 bits per heavy atom. The highest BCUT2D eigenvalue weighted by molar-refractivity contribution is 6.32. The number of benzene rings is 1. The van der Waals surface area contributed by atoms with Gasteiger partial charge in [0, 0.05) is 6.54 Å². The Labute approximate surface area is 117 Å². The molecular weight excluding hydrogens is 270 g/mol. The molecule has 0 unspecified atom stereocenters. The number of hydrogen-bond donors (Lipinski definition) is 3. The summed E-state index contributed by atoms with van der Waals surface area (Å²) in [6, 6.07) is 3.64. The van der Waals surface area contributed by atoms with Crippen LogP contribution in [0.15, 0.2) is 12.1 Å². The van der Waals surface area contributed by atoms with E-state index in [0.29, 0.717) is 36.3 Å². The van der Waals surface area contributed by atoms with Gasteiger partial charge in [0.1, 0.15) is 13.2 Å². The first-order valence-electron chi connectivity index (χ1n) is 6.13. The van der Waals surface area contributed by atoms with E-state index in [9.17, 15) is 10.2 Å². The SMILES string of the molecule is CC(CO)(CO)NCc1cc(Cl)c2c(c1)OCCO2. The highest BCUT2D eigenvalue weighted by Gasteiger charge is 2.22. The minimum atomic E-state index is -0.722. The summed E-state index contributed by atoms with van der Waals surface area (Å²) < 4.78 is 10.9. The quantitative estimate of drug-likeness (QED) is 0.752. The van der Waals surface area contributed by atoms with Gasteiger partial charge < -0.3 is 25.0 Å². The van der Waals surface area contributed by atoms with Crippen molar-refractivity contribution in [3.8, 4) is 11.5 Å². The van der Waals surface area contributed by atoms with Gasteiger partial charge in [-0.05, 0) is 24.6 Å². The van der Waals surface area contributed by atoms with E-state index in [0.717, 1.165) is 5.56 Å². The number of aliphatic hydroxyl groups excluding tert-OH is 2. The molecule has 0 atom stereocenters. The summed E-state index contributed by atoms with van der Waals surface area (Å²) in [6.07, 6.45) is 0. The average molecular weight is 288 g/mol. The maximum absolute atomic E-state index is 9.22. The largest absolute Gasteiger partial charge is 0.486 e. The number of nitrogens with one attached hydrogen (secondary N) is 1. The summed E-state index contributed by atoms with van der Waals surface area (Å²) in [6.45, 7) is 2.91. The zero-order valence-corrected chi connectivity index (χ0v) is 11.5. The highest BCUT2D eigenvalue weighted by atomic mass is 35.5. The fraction of sp³-hybridized carbons (Fsp3) is 0.538. The van der Waals surface area contributed by atoms with Crippen LogP contribution in [0.5, 0.6) is 11.5 Å². The van der Waals surface area contributed by atoms with Gasteiger partial charge in [0.25, 0.3) is 0 Å². The van der Waals surface area contributed by atoms with Gasteiger partial charge >= 0.3 is 0 Å². The van der Waals surface area contributed by atoms with Crippen LogP contribution in [0, 0.1) is 0 Å². The minimum Gasteiger partial charge on any atom is -0.486 e. The average Bonchev–Trinajstić information content (AvgIpc) is 2.45. The van der Waals surface area contributed by atoms with E-state index >= 15 is 0 Å². The standard InChI is InChI=1S/C13H18ClNO4/c1-13(7-16,8-17)15-6-9-4-10(14)12-11(5-9)18-2-3-19-12/h4-5,15-17H,2-3,6-8H2,1H3. The van der Waals surface area contributed by atoms with Gasteiger partial charge in [0.15, 0.2) is 11.5 Å². The molecule has 0 saturated carbocycles. The summed E-state index contributed by atoms with van der Waals surface area (Å²) in [7, 11) is 0. The zero-order chi connectivity index (χ0) is 13.9. The maximum atomic E-state index is 9.22. The second-order valence-electron chi connectivity index (χ2n) is 4.83. The van der Waals surface area contributed by atoms with Crippen molar-refractivity contribution in [2.75, 3.05) is 26.4 Å². The topological polar surface area (TPSA) is 71.0 Å². The van der Waals surface area contributed by atoms with Crippen molar-refractivity contribution in [2.24, 2.45) is 0 Å². The molecule has 0 radical (unpaired) electrons. The van der Waals surface area contributed by atoms with Crippen LogP contribution in [0.2, 0.25) is 5.02 Å². The molecule has 3 N–H and O–H groups in total. The lowest BCUT2D eigenvalue weighted by molar-refractivity contribution is 0.103. The fourth-order valence-corrected chi connectivity index (χ4v) is 2.03. The number of ether oxygens (including phenoxy) is 2. The molecule has 0 spiro atoms. The lowest BCUT2D eigenvalue weighted by Gasteiger charge is -2.27. The maximum Gasteiger partial charge on any atom is 0.179 e. The molecule has 106 valence electrons. The number of hydrogen-bond acceptors (Lipinski definition) is 5. The molecule has 0 aliphatic carbocycles. The van der Waals surface area contributed by atoms with Crippen LogP contribution in [0.4, 0.5) is 0 Å². The molecule has 19 heavy (non-hydrogen) atoms. The lowest BCUT2D eigenvalue weighted by atomic mass is 10.0. The molecular formula is C13H18ClNO4. The Bertz CT molecular complexity index is 449. The first kappa shape index (κ1) is 14.4. The molecule has 0 aromatic heterocycles. The van der Waals surface area contributed by atoms with Crippen molar-refractivity contribution in [1.82, 2.24) is 5.32 Å². The van der Waals surface area contributed by atoms with Crippen molar-refractivity contribution in [1.29, 1.82) is 0 Å². The Morgan fingerprint density at radius 1 is 1.26 bits per heavy atom. The van der Waals surface area contributed by atoms with E-state index in [1.54, 1.807) is 13.0 Å². The molecule has 1 heterocycles. The van der Waals surface area contributed by atoms with E-state index in [1.165, 1.54) is 0 Å². The number of fused-ring (bicyclic) bond motifs is 1. The van der Waals surface area contributed by atoms with Crippen LogP contribution >= 0.6 is 11.6 Å². The van der Waals surface area contributed by atoms with E-state index in [4.69, 9.17) is 21.1 Å².